The van der Waals surface area contributed by atoms with Gasteiger partial charge in [0.2, 0.25) is 0 Å². The Bertz CT molecular complexity index is 936. The van der Waals surface area contributed by atoms with Crippen LogP contribution in [0.2, 0.25) is 0 Å². The van der Waals surface area contributed by atoms with Crippen molar-refractivity contribution in [3.63, 3.8) is 0 Å². The van der Waals surface area contributed by atoms with E-state index >= 15 is 0 Å². The molecule has 132 valence electrons. The minimum Gasteiger partial charge on any atom is -0.327 e. The maximum absolute atomic E-state index is 14.3. The number of urea groups is 1. The van der Waals surface area contributed by atoms with Crippen LogP contribution in [0.15, 0.2) is 65.4 Å². The van der Waals surface area contributed by atoms with Crippen LogP contribution in [0.4, 0.5) is 13.6 Å². The standard InChI is InChI=1S/C20H17F2N3O/c21-16-7-3-1-5-12(16)9-13-10-23-11-15-18(13)24-20(26)25-19(15)14-6-2-4-8-17(14)22/h1-9,19,23H,10-11H2,(H2,24,25,26)/b13-9+. The van der Waals surface area contributed by atoms with E-state index in [9.17, 15) is 13.6 Å². The molecule has 0 saturated carbocycles. The number of amides is 2. The largest absolute Gasteiger partial charge is 0.327 e. The van der Waals surface area contributed by atoms with E-state index in [0.717, 1.165) is 11.1 Å². The van der Waals surface area contributed by atoms with Gasteiger partial charge in [0.1, 0.15) is 11.6 Å². The molecule has 0 fully saturated rings. The van der Waals surface area contributed by atoms with E-state index < -0.39 is 12.1 Å². The number of rotatable bonds is 2. The molecule has 4 nitrogen and oxygen atoms in total. The van der Waals surface area contributed by atoms with Crippen LogP contribution >= 0.6 is 0 Å². The third kappa shape index (κ3) is 2.99. The fourth-order valence-electron chi connectivity index (χ4n) is 3.37. The van der Waals surface area contributed by atoms with Crippen LogP contribution in [-0.4, -0.2) is 19.1 Å². The Morgan fingerprint density at radius 3 is 2.46 bits per heavy atom. The lowest BCUT2D eigenvalue weighted by molar-refractivity contribution is 0.237. The van der Waals surface area contributed by atoms with Gasteiger partial charge in [0.25, 0.3) is 0 Å². The molecule has 26 heavy (non-hydrogen) atoms. The molecule has 2 aliphatic heterocycles. The van der Waals surface area contributed by atoms with Gasteiger partial charge >= 0.3 is 6.03 Å². The Balaban J connectivity index is 1.81. The fraction of sp³-hybridized carbons (Fsp3) is 0.150. The number of carbonyl (C=O) groups is 1. The molecule has 2 aromatic rings. The first-order valence-electron chi connectivity index (χ1n) is 8.34. The highest BCUT2D eigenvalue weighted by Gasteiger charge is 2.32. The Labute approximate surface area is 149 Å². The van der Waals surface area contributed by atoms with E-state index in [4.69, 9.17) is 0 Å². The van der Waals surface area contributed by atoms with Gasteiger partial charge < -0.3 is 16.0 Å². The number of carbonyl (C=O) groups excluding carboxylic acids is 1. The van der Waals surface area contributed by atoms with Gasteiger partial charge in [-0.3, -0.25) is 0 Å². The normalized spacial score (nSPS) is 21.2. The molecule has 0 aromatic heterocycles. The molecule has 2 heterocycles. The summed E-state index contributed by atoms with van der Waals surface area (Å²) in [5.41, 5.74) is 3.05. The molecule has 3 N–H and O–H groups in total. The van der Waals surface area contributed by atoms with Crippen LogP contribution in [0.5, 0.6) is 0 Å². The molecule has 0 radical (unpaired) electrons. The van der Waals surface area contributed by atoms with E-state index in [2.05, 4.69) is 16.0 Å². The summed E-state index contributed by atoms with van der Waals surface area (Å²) in [6, 6.07) is 11.8. The van der Waals surface area contributed by atoms with Gasteiger partial charge in [-0.1, -0.05) is 36.4 Å². The third-order valence-corrected chi connectivity index (χ3v) is 4.59. The molecular formula is C20H17F2N3O. The molecular weight excluding hydrogens is 336 g/mol. The lowest BCUT2D eigenvalue weighted by atomic mass is 9.89. The Morgan fingerprint density at radius 1 is 0.962 bits per heavy atom. The lowest BCUT2D eigenvalue weighted by Gasteiger charge is -2.35. The van der Waals surface area contributed by atoms with Crippen molar-refractivity contribution < 1.29 is 13.6 Å². The summed E-state index contributed by atoms with van der Waals surface area (Å²) in [5.74, 6) is -0.713. The molecule has 6 heteroatoms. The molecule has 1 atom stereocenters. The van der Waals surface area contributed by atoms with Gasteiger partial charge in [0, 0.05) is 29.9 Å². The number of nitrogens with one attached hydrogen (secondary N) is 3. The zero-order valence-corrected chi connectivity index (χ0v) is 13.9. The number of halogens is 2. The monoisotopic (exact) mass is 353 g/mol. The first-order chi connectivity index (χ1) is 12.6. The molecule has 0 spiro atoms. The summed E-state index contributed by atoms with van der Waals surface area (Å²) in [6.45, 7) is 0.980. The van der Waals surface area contributed by atoms with Crippen molar-refractivity contribution in [1.29, 1.82) is 0 Å². The number of benzene rings is 2. The fourth-order valence-corrected chi connectivity index (χ4v) is 3.37. The van der Waals surface area contributed by atoms with Crippen LogP contribution in [0, 0.1) is 11.6 Å². The zero-order chi connectivity index (χ0) is 18.1. The van der Waals surface area contributed by atoms with Crippen LogP contribution < -0.4 is 16.0 Å². The second kappa shape index (κ2) is 6.72. The van der Waals surface area contributed by atoms with Crippen LogP contribution in [-0.2, 0) is 0 Å². The van der Waals surface area contributed by atoms with Gasteiger partial charge in [-0.05, 0) is 29.4 Å². The van der Waals surface area contributed by atoms with Gasteiger partial charge in [-0.2, -0.15) is 0 Å². The molecule has 2 aliphatic rings. The van der Waals surface area contributed by atoms with Gasteiger partial charge in [-0.25, -0.2) is 13.6 Å². The first-order valence-corrected chi connectivity index (χ1v) is 8.34. The summed E-state index contributed by atoms with van der Waals surface area (Å²) in [7, 11) is 0. The van der Waals surface area contributed by atoms with Crippen molar-refractivity contribution >= 4 is 12.1 Å². The average Bonchev–Trinajstić information content (AvgIpc) is 2.64. The van der Waals surface area contributed by atoms with E-state index in [1.807, 2.05) is 0 Å². The van der Waals surface area contributed by atoms with Crippen molar-refractivity contribution in [1.82, 2.24) is 16.0 Å². The van der Waals surface area contributed by atoms with Crippen LogP contribution in [0.1, 0.15) is 17.2 Å². The Morgan fingerprint density at radius 2 is 1.69 bits per heavy atom. The molecule has 0 saturated heterocycles. The summed E-state index contributed by atoms with van der Waals surface area (Å²) in [5, 5.41) is 8.83. The van der Waals surface area contributed by atoms with E-state index in [1.165, 1.54) is 12.1 Å². The summed E-state index contributed by atoms with van der Waals surface area (Å²) in [6.07, 6.45) is 1.71. The molecule has 0 bridgehead atoms. The van der Waals surface area contributed by atoms with E-state index in [1.54, 1.807) is 42.5 Å². The second-order valence-electron chi connectivity index (χ2n) is 6.25. The second-order valence-corrected chi connectivity index (χ2v) is 6.25. The van der Waals surface area contributed by atoms with Crippen molar-refractivity contribution in [2.45, 2.75) is 6.04 Å². The average molecular weight is 353 g/mol. The summed E-state index contributed by atoms with van der Waals surface area (Å²) >= 11 is 0. The molecule has 2 aromatic carbocycles. The minimum absolute atomic E-state index is 0.335. The topological polar surface area (TPSA) is 53.2 Å². The smallest absolute Gasteiger partial charge is 0.319 e. The highest BCUT2D eigenvalue weighted by molar-refractivity contribution is 5.82. The number of hydrogen-bond acceptors (Lipinski definition) is 2. The van der Waals surface area contributed by atoms with Gasteiger partial charge in [0.15, 0.2) is 0 Å². The van der Waals surface area contributed by atoms with Gasteiger partial charge in [0.05, 0.1) is 6.04 Å². The van der Waals surface area contributed by atoms with Gasteiger partial charge in [-0.15, -0.1) is 0 Å². The highest BCUT2D eigenvalue weighted by atomic mass is 19.1. The molecule has 2 amide bonds. The summed E-state index contributed by atoms with van der Waals surface area (Å²) in [4.78, 5) is 12.2. The quantitative estimate of drug-likeness (QED) is 0.776. The maximum atomic E-state index is 14.3. The van der Waals surface area contributed by atoms with Crippen molar-refractivity contribution in [3.05, 3.63) is 88.1 Å². The lowest BCUT2D eigenvalue weighted by Crippen LogP contribution is -2.49. The summed E-state index contributed by atoms with van der Waals surface area (Å²) < 4.78 is 28.3. The van der Waals surface area contributed by atoms with Crippen LogP contribution in [0.25, 0.3) is 6.08 Å². The molecule has 1 unspecified atom stereocenters. The van der Waals surface area contributed by atoms with E-state index in [0.29, 0.717) is 29.9 Å². The Kier molecular flexibility index (Phi) is 4.26. The predicted octanol–water partition coefficient (Wildman–Crippen LogP) is 3.26. The zero-order valence-electron chi connectivity index (χ0n) is 13.9. The van der Waals surface area contributed by atoms with Crippen LogP contribution in [0.3, 0.4) is 0 Å². The number of hydrogen-bond donors (Lipinski definition) is 3. The molecule has 0 aliphatic carbocycles. The maximum Gasteiger partial charge on any atom is 0.319 e. The van der Waals surface area contributed by atoms with E-state index in [-0.39, 0.29) is 11.6 Å². The Hall–Kier alpha value is -2.99. The SMILES string of the molecule is O=C1NC2=C(CNC/C2=C\c2ccccc2F)C(c2ccccc2F)N1. The van der Waals surface area contributed by atoms with Crippen molar-refractivity contribution in [2.24, 2.45) is 0 Å². The highest BCUT2D eigenvalue weighted by Crippen LogP contribution is 2.32. The van der Waals surface area contributed by atoms with Crippen molar-refractivity contribution in [2.75, 3.05) is 13.1 Å². The van der Waals surface area contributed by atoms with Crippen molar-refractivity contribution in [3.8, 4) is 0 Å². The predicted molar refractivity (Wildman–Crippen MR) is 95.1 cm³/mol. The third-order valence-electron chi connectivity index (χ3n) is 4.59. The minimum atomic E-state index is -0.572. The molecule has 4 rings (SSSR count). The first kappa shape index (κ1) is 16.5.